The quantitative estimate of drug-likeness (QED) is 0.730. The molecule has 0 aliphatic heterocycles. The molecule has 0 radical (unpaired) electrons. The molecule has 0 bridgehead atoms. The van der Waals surface area contributed by atoms with E-state index in [2.05, 4.69) is 4.98 Å². The number of aromatic nitrogens is 1. The van der Waals surface area contributed by atoms with Crippen LogP contribution in [0.5, 0.6) is 0 Å². The average Bonchev–Trinajstić information content (AvgIpc) is 2.28. The summed E-state index contributed by atoms with van der Waals surface area (Å²) in [4.78, 5) is 16.6. The summed E-state index contributed by atoms with van der Waals surface area (Å²) in [6.07, 6.45) is 0.812. The molecule has 0 unspecified atom stereocenters. The standard InChI is InChI=1S/C11H16N2O2/c1-3-13(8-15)6-11-9(2)4-5-10(7-14)12-11/h4-5,8,14H,3,6-7H2,1-2H3. The summed E-state index contributed by atoms with van der Waals surface area (Å²) in [5, 5.41) is 8.96. The first-order valence-corrected chi connectivity index (χ1v) is 4.96. The van der Waals surface area contributed by atoms with Crippen LogP contribution in [0.3, 0.4) is 0 Å². The Morgan fingerprint density at radius 2 is 2.27 bits per heavy atom. The lowest BCUT2D eigenvalue weighted by Crippen LogP contribution is -2.22. The molecule has 0 fully saturated rings. The zero-order chi connectivity index (χ0) is 11.3. The number of rotatable bonds is 5. The molecular formula is C11H16N2O2. The van der Waals surface area contributed by atoms with Gasteiger partial charge >= 0.3 is 0 Å². The van der Waals surface area contributed by atoms with E-state index >= 15 is 0 Å². The van der Waals surface area contributed by atoms with E-state index in [1.165, 1.54) is 0 Å². The van der Waals surface area contributed by atoms with Crippen molar-refractivity contribution < 1.29 is 9.90 Å². The van der Waals surface area contributed by atoms with Gasteiger partial charge in [0.15, 0.2) is 0 Å². The molecule has 0 spiro atoms. The lowest BCUT2D eigenvalue weighted by molar-refractivity contribution is -0.118. The molecule has 0 aromatic carbocycles. The van der Waals surface area contributed by atoms with Gasteiger partial charge in [-0.3, -0.25) is 9.78 Å². The van der Waals surface area contributed by atoms with Crippen LogP contribution in [0.25, 0.3) is 0 Å². The van der Waals surface area contributed by atoms with Crippen LogP contribution in [-0.4, -0.2) is 27.9 Å². The molecule has 1 N–H and O–H groups in total. The Morgan fingerprint density at radius 1 is 1.53 bits per heavy atom. The van der Waals surface area contributed by atoms with Gasteiger partial charge in [0.05, 0.1) is 24.5 Å². The minimum atomic E-state index is -0.0690. The van der Waals surface area contributed by atoms with E-state index in [4.69, 9.17) is 5.11 Å². The van der Waals surface area contributed by atoms with E-state index in [0.29, 0.717) is 18.8 Å². The van der Waals surface area contributed by atoms with Crippen LogP contribution in [0.2, 0.25) is 0 Å². The smallest absolute Gasteiger partial charge is 0.210 e. The van der Waals surface area contributed by atoms with Crippen molar-refractivity contribution in [3.8, 4) is 0 Å². The van der Waals surface area contributed by atoms with E-state index in [9.17, 15) is 4.79 Å². The Bertz CT molecular complexity index is 339. The molecule has 82 valence electrons. The molecule has 1 amide bonds. The molecule has 1 aromatic heterocycles. The van der Waals surface area contributed by atoms with E-state index in [1.54, 1.807) is 11.0 Å². The molecular weight excluding hydrogens is 192 g/mol. The summed E-state index contributed by atoms with van der Waals surface area (Å²) in [6, 6.07) is 3.70. The summed E-state index contributed by atoms with van der Waals surface area (Å²) in [6.45, 7) is 4.95. The number of amides is 1. The van der Waals surface area contributed by atoms with Crippen LogP contribution < -0.4 is 0 Å². The highest BCUT2D eigenvalue weighted by Crippen LogP contribution is 2.09. The molecule has 1 aromatic rings. The first kappa shape index (κ1) is 11.7. The van der Waals surface area contributed by atoms with Crippen LogP contribution in [-0.2, 0) is 17.9 Å². The number of aryl methyl sites for hydroxylation is 1. The fraction of sp³-hybridized carbons (Fsp3) is 0.455. The number of carbonyl (C=O) groups is 1. The number of hydrogen-bond donors (Lipinski definition) is 1. The van der Waals surface area contributed by atoms with Crippen LogP contribution >= 0.6 is 0 Å². The Labute approximate surface area is 89.6 Å². The third-order valence-electron chi connectivity index (χ3n) is 2.33. The van der Waals surface area contributed by atoms with Gasteiger partial charge in [-0.15, -0.1) is 0 Å². The van der Waals surface area contributed by atoms with Crippen LogP contribution in [0.4, 0.5) is 0 Å². The molecule has 15 heavy (non-hydrogen) atoms. The minimum Gasteiger partial charge on any atom is -0.390 e. The third kappa shape index (κ3) is 3.02. The predicted octanol–water partition coefficient (Wildman–Crippen LogP) is 0.861. The Kier molecular flexibility index (Phi) is 4.24. The Morgan fingerprint density at radius 3 is 2.80 bits per heavy atom. The molecule has 0 atom stereocenters. The van der Waals surface area contributed by atoms with Gasteiger partial charge in [-0.1, -0.05) is 6.07 Å². The summed E-state index contributed by atoms with van der Waals surface area (Å²) >= 11 is 0. The molecule has 0 saturated carbocycles. The highest BCUT2D eigenvalue weighted by Gasteiger charge is 2.05. The van der Waals surface area contributed by atoms with Crippen LogP contribution in [0, 0.1) is 6.92 Å². The topological polar surface area (TPSA) is 53.4 Å². The van der Waals surface area contributed by atoms with Crippen molar-refractivity contribution in [1.82, 2.24) is 9.88 Å². The molecule has 0 saturated heterocycles. The summed E-state index contributed by atoms with van der Waals surface area (Å²) in [5.74, 6) is 0. The highest BCUT2D eigenvalue weighted by atomic mass is 16.3. The minimum absolute atomic E-state index is 0.0690. The first-order chi connectivity index (χ1) is 7.21. The second-order valence-corrected chi connectivity index (χ2v) is 3.39. The lowest BCUT2D eigenvalue weighted by atomic mass is 10.2. The monoisotopic (exact) mass is 208 g/mol. The lowest BCUT2D eigenvalue weighted by Gasteiger charge is -2.15. The second kappa shape index (κ2) is 5.46. The van der Waals surface area contributed by atoms with E-state index in [-0.39, 0.29) is 6.61 Å². The molecule has 0 aliphatic rings. The average molecular weight is 208 g/mol. The molecule has 4 nitrogen and oxygen atoms in total. The van der Waals surface area contributed by atoms with Gasteiger partial charge in [0, 0.05) is 6.54 Å². The zero-order valence-corrected chi connectivity index (χ0v) is 9.10. The van der Waals surface area contributed by atoms with Gasteiger partial charge in [0.2, 0.25) is 6.41 Å². The van der Waals surface area contributed by atoms with E-state index < -0.39 is 0 Å². The van der Waals surface area contributed by atoms with Crippen molar-refractivity contribution >= 4 is 6.41 Å². The normalized spacial score (nSPS) is 10.1. The van der Waals surface area contributed by atoms with Crippen molar-refractivity contribution in [2.45, 2.75) is 27.0 Å². The number of aliphatic hydroxyl groups excluding tert-OH is 1. The maximum atomic E-state index is 10.7. The maximum Gasteiger partial charge on any atom is 0.210 e. The number of nitrogens with zero attached hydrogens (tertiary/aromatic N) is 2. The van der Waals surface area contributed by atoms with Gasteiger partial charge in [0.1, 0.15) is 0 Å². The SMILES string of the molecule is CCN(C=O)Cc1nc(CO)ccc1C. The van der Waals surface area contributed by atoms with E-state index in [1.807, 2.05) is 19.9 Å². The van der Waals surface area contributed by atoms with Crippen molar-refractivity contribution in [2.24, 2.45) is 0 Å². The summed E-state index contributed by atoms with van der Waals surface area (Å²) < 4.78 is 0. The Hall–Kier alpha value is -1.42. The van der Waals surface area contributed by atoms with Gasteiger partial charge in [0.25, 0.3) is 0 Å². The fourth-order valence-corrected chi connectivity index (χ4v) is 1.28. The van der Waals surface area contributed by atoms with Crippen molar-refractivity contribution in [3.05, 3.63) is 29.1 Å². The predicted molar refractivity (Wildman–Crippen MR) is 57.0 cm³/mol. The van der Waals surface area contributed by atoms with Gasteiger partial charge in [-0.2, -0.15) is 0 Å². The van der Waals surface area contributed by atoms with Crippen LogP contribution in [0.1, 0.15) is 23.9 Å². The van der Waals surface area contributed by atoms with Crippen molar-refractivity contribution in [3.63, 3.8) is 0 Å². The maximum absolute atomic E-state index is 10.7. The van der Waals surface area contributed by atoms with E-state index in [0.717, 1.165) is 17.7 Å². The van der Waals surface area contributed by atoms with Gasteiger partial charge < -0.3 is 10.0 Å². The zero-order valence-electron chi connectivity index (χ0n) is 9.10. The van der Waals surface area contributed by atoms with Crippen LogP contribution in [0.15, 0.2) is 12.1 Å². The molecule has 0 aliphatic carbocycles. The largest absolute Gasteiger partial charge is 0.390 e. The number of hydrogen-bond acceptors (Lipinski definition) is 3. The van der Waals surface area contributed by atoms with Crippen molar-refractivity contribution in [1.29, 1.82) is 0 Å². The number of carbonyl (C=O) groups excluding carboxylic acids is 1. The second-order valence-electron chi connectivity index (χ2n) is 3.39. The van der Waals surface area contributed by atoms with Gasteiger partial charge in [-0.05, 0) is 25.5 Å². The van der Waals surface area contributed by atoms with Crippen molar-refractivity contribution in [2.75, 3.05) is 6.54 Å². The summed E-state index contributed by atoms with van der Waals surface area (Å²) in [7, 11) is 0. The Balaban J connectivity index is 2.87. The number of aliphatic hydroxyl groups is 1. The first-order valence-electron chi connectivity index (χ1n) is 4.96. The molecule has 4 heteroatoms. The highest BCUT2D eigenvalue weighted by molar-refractivity contribution is 5.47. The summed E-state index contributed by atoms with van der Waals surface area (Å²) in [5.41, 5.74) is 2.51. The third-order valence-corrected chi connectivity index (χ3v) is 2.33. The fourth-order valence-electron chi connectivity index (χ4n) is 1.28. The molecule has 1 rings (SSSR count). The number of pyridine rings is 1. The van der Waals surface area contributed by atoms with Gasteiger partial charge in [-0.25, -0.2) is 0 Å². The molecule has 1 heterocycles.